The highest BCUT2D eigenvalue weighted by molar-refractivity contribution is 6.43. The largest absolute Gasteiger partial charge is 0.465 e. The van der Waals surface area contributed by atoms with Crippen LogP contribution in [0.2, 0.25) is 10.0 Å². The first-order valence-corrected chi connectivity index (χ1v) is 5.14. The number of esters is 1. The van der Waals surface area contributed by atoms with Gasteiger partial charge in [-0.15, -0.1) is 0 Å². The van der Waals surface area contributed by atoms with Gasteiger partial charge in [0.05, 0.1) is 17.2 Å². The van der Waals surface area contributed by atoms with Crippen LogP contribution in [0.25, 0.3) is 10.9 Å². The molecule has 0 saturated heterocycles. The summed E-state index contributed by atoms with van der Waals surface area (Å²) in [4.78, 5) is 14.4. The van der Waals surface area contributed by atoms with E-state index in [0.717, 1.165) is 0 Å². The summed E-state index contributed by atoms with van der Waals surface area (Å²) in [5.74, 6) is -0.276. The minimum atomic E-state index is -0.512. The molecule has 0 amide bonds. The summed E-state index contributed by atoms with van der Waals surface area (Å²) in [6, 6.07) is 3.19. The van der Waals surface area contributed by atoms with E-state index in [1.165, 1.54) is 7.11 Å². The Balaban J connectivity index is 2.79. The number of nitrogen functional groups attached to an aromatic ring is 1. The van der Waals surface area contributed by atoms with Crippen molar-refractivity contribution in [3.8, 4) is 0 Å². The lowest BCUT2D eigenvalue weighted by Gasteiger charge is -1.99. The number of nitrogens with two attached hydrogens (primary N) is 1. The molecular weight excluding hydrogens is 251 g/mol. The van der Waals surface area contributed by atoms with E-state index in [2.05, 4.69) is 9.72 Å². The molecular formula is C10H8Cl2N2O2. The number of benzene rings is 1. The smallest absolute Gasteiger partial charge is 0.342 e. The summed E-state index contributed by atoms with van der Waals surface area (Å²) >= 11 is 11.7. The van der Waals surface area contributed by atoms with Crippen LogP contribution in [0.15, 0.2) is 12.1 Å². The van der Waals surface area contributed by atoms with Gasteiger partial charge in [0, 0.05) is 10.9 Å². The summed E-state index contributed by atoms with van der Waals surface area (Å²) in [6.07, 6.45) is 0. The Kier molecular flexibility index (Phi) is 2.69. The molecule has 84 valence electrons. The fourth-order valence-electron chi connectivity index (χ4n) is 1.53. The monoisotopic (exact) mass is 258 g/mol. The van der Waals surface area contributed by atoms with Gasteiger partial charge in [-0.2, -0.15) is 0 Å². The van der Waals surface area contributed by atoms with E-state index in [4.69, 9.17) is 28.9 Å². The summed E-state index contributed by atoms with van der Waals surface area (Å²) in [7, 11) is 1.29. The average molecular weight is 259 g/mol. The Bertz CT molecular complexity index is 578. The molecule has 0 aliphatic carbocycles. The Hall–Kier alpha value is -1.39. The third-order valence-corrected chi connectivity index (χ3v) is 2.98. The Morgan fingerprint density at radius 3 is 2.62 bits per heavy atom. The first kappa shape index (κ1) is 11.1. The number of aromatic amines is 1. The van der Waals surface area contributed by atoms with E-state index >= 15 is 0 Å². The number of nitrogens with one attached hydrogen (secondary N) is 1. The maximum Gasteiger partial charge on any atom is 0.342 e. The first-order valence-electron chi connectivity index (χ1n) is 4.39. The zero-order valence-corrected chi connectivity index (χ0v) is 9.82. The molecule has 2 rings (SSSR count). The second-order valence-corrected chi connectivity index (χ2v) is 4.03. The lowest BCUT2D eigenvalue weighted by molar-refractivity contribution is 0.0604. The SMILES string of the molecule is COC(=O)c1c(N)[nH]c2cc(Cl)c(Cl)cc12. The van der Waals surface area contributed by atoms with Crippen LogP contribution in [-0.4, -0.2) is 18.1 Å². The molecule has 0 atom stereocenters. The van der Waals surface area contributed by atoms with Crippen molar-refractivity contribution in [3.63, 3.8) is 0 Å². The van der Waals surface area contributed by atoms with Crippen molar-refractivity contribution in [2.24, 2.45) is 0 Å². The van der Waals surface area contributed by atoms with E-state index in [9.17, 15) is 4.79 Å². The Labute approximate surface area is 101 Å². The molecule has 0 fully saturated rings. The fourth-order valence-corrected chi connectivity index (χ4v) is 1.86. The number of aromatic nitrogens is 1. The number of H-pyrrole nitrogens is 1. The highest BCUT2D eigenvalue weighted by atomic mass is 35.5. The van der Waals surface area contributed by atoms with Gasteiger partial charge in [-0.05, 0) is 12.1 Å². The minimum Gasteiger partial charge on any atom is -0.465 e. The maximum atomic E-state index is 11.5. The molecule has 0 bridgehead atoms. The van der Waals surface area contributed by atoms with Crippen molar-refractivity contribution in [1.29, 1.82) is 0 Å². The third-order valence-electron chi connectivity index (χ3n) is 2.26. The van der Waals surface area contributed by atoms with E-state index in [1.54, 1.807) is 12.1 Å². The standard InChI is InChI=1S/C10H8Cl2N2O2/c1-16-10(15)8-4-2-5(11)6(12)3-7(4)14-9(8)13/h2-3,14H,13H2,1H3. The molecule has 3 N–H and O–H groups in total. The van der Waals surface area contributed by atoms with Crippen molar-refractivity contribution in [2.45, 2.75) is 0 Å². The van der Waals surface area contributed by atoms with Gasteiger partial charge in [0.2, 0.25) is 0 Å². The Morgan fingerprint density at radius 2 is 2.00 bits per heavy atom. The van der Waals surface area contributed by atoms with Crippen molar-refractivity contribution in [1.82, 2.24) is 4.98 Å². The molecule has 1 aromatic carbocycles. The maximum absolute atomic E-state index is 11.5. The number of rotatable bonds is 1. The Morgan fingerprint density at radius 1 is 1.38 bits per heavy atom. The van der Waals surface area contributed by atoms with Crippen molar-refractivity contribution < 1.29 is 9.53 Å². The van der Waals surface area contributed by atoms with E-state index in [-0.39, 0.29) is 11.4 Å². The van der Waals surface area contributed by atoms with Crippen molar-refractivity contribution in [2.75, 3.05) is 12.8 Å². The zero-order valence-electron chi connectivity index (χ0n) is 8.30. The predicted octanol–water partition coefficient (Wildman–Crippen LogP) is 2.84. The molecule has 4 nitrogen and oxygen atoms in total. The third kappa shape index (κ3) is 1.60. The topological polar surface area (TPSA) is 68.1 Å². The van der Waals surface area contributed by atoms with E-state index in [1.807, 2.05) is 0 Å². The van der Waals surface area contributed by atoms with Gasteiger partial charge in [-0.3, -0.25) is 0 Å². The van der Waals surface area contributed by atoms with Gasteiger partial charge in [0.25, 0.3) is 0 Å². The summed E-state index contributed by atoms with van der Waals surface area (Å²) in [6.45, 7) is 0. The number of carbonyl (C=O) groups is 1. The van der Waals surface area contributed by atoms with Crippen molar-refractivity contribution in [3.05, 3.63) is 27.7 Å². The summed E-state index contributed by atoms with van der Waals surface area (Å²) < 4.78 is 4.64. The molecule has 0 unspecified atom stereocenters. The second-order valence-electron chi connectivity index (χ2n) is 3.22. The van der Waals surface area contributed by atoms with Gasteiger partial charge < -0.3 is 15.5 Å². The molecule has 0 saturated carbocycles. The number of anilines is 1. The second kappa shape index (κ2) is 3.88. The van der Waals surface area contributed by atoms with Crippen molar-refractivity contribution >= 4 is 45.9 Å². The highest BCUT2D eigenvalue weighted by Crippen LogP contribution is 2.32. The number of methoxy groups -OCH3 is 1. The highest BCUT2D eigenvalue weighted by Gasteiger charge is 2.18. The molecule has 0 spiro atoms. The molecule has 2 aromatic rings. The number of halogens is 2. The van der Waals surface area contributed by atoms with Crippen LogP contribution in [0.1, 0.15) is 10.4 Å². The van der Waals surface area contributed by atoms with Crippen LogP contribution < -0.4 is 5.73 Å². The quantitative estimate of drug-likeness (QED) is 0.773. The zero-order chi connectivity index (χ0) is 11.9. The molecule has 1 heterocycles. The van der Waals surface area contributed by atoms with Gasteiger partial charge >= 0.3 is 5.97 Å². The first-order chi connectivity index (χ1) is 7.54. The van der Waals surface area contributed by atoms with Gasteiger partial charge in [-0.25, -0.2) is 4.79 Å². The van der Waals surface area contributed by atoms with Crippen LogP contribution in [-0.2, 0) is 4.74 Å². The average Bonchev–Trinajstić information content (AvgIpc) is 2.54. The van der Waals surface area contributed by atoms with Crippen LogP contribution in [0.4, 0.5) is 5.82 Å². The van der Waals surface area contributed by atoms with Crippen LogP contribution in [0.3, 0.4) is 0 Å². The van der Waals surface area contributed by atoms with Gasteiger partial charge in [0.15, 0.2) is 0 Å². The van der Waals surface area contributed by atoms with Crippen LogP contribution in [0, 0.1) is 0 Å². The lowest BCUT2D eigenvalue weighted by atomic mass is 10.1. The van der Waals surface area contributed by atoms with Crippen LogP contribution >= 0.6 is 23.2 Å². The molecule has 0 aliphatic rings. The molecule has 0 radical (unpaired) electrons. The number of hydrogen-bond acceptors (Lipinski definition) is 3. The van der Waals surface area contributed by atoms with Crippen LogP contribution in [0.5, 0.6) is 0 Å². The molecule has 6 heteroatoms. The van der Waals surface area contributed by atoms with E-state index < -0.39 is 5.97 Å². The molecule has 1 aromatic heterocycles. The predicted molar refractivity (Wildman–Crippen MR) is 64.1 cm³/mol. The minimum absolute atomic E-state index is 0.236. The number of ether oxygens (including phenoxy) is 1. The number of carbonyl (C=O) groups excluding carboxylic acids is 1. The van der Waals surface area contributed by atoms with Gasteiger partial charge in [0.1, 0.15) is 11.4 Å². The molecule has 16 heavy (non-hydrogen) atoms. The summed E-state index contributed by atoms with van der Waals surface area (Å²) in [5, 5.41) is 1.35. The number of hydrogen-bond donors (Lipinski definition) is 2. The number of fused-ring (bicyclic) bond motifs is 1. The fraction of sp³-hybridized carbons (Fsp3) is 0.100. The lowest BCUT2D eigenvalue weighted by Crippen LogP contribution is -2.03. The molecule has 0 aliphatic heterocycles. The summed E-state index contributed by atoms with van der Waals surface area (Å²) in [5.41, 5.74) is 6.61. The van der Waals surface area contributed by atoms with Gasteiger partial charge in [-0.1, -0.05) is 23.2 Å². The van der Waals surface area contributed by atoms with E-state index in [0.29, 0.717) is 20.9 Å². The normalized spacial score (nSPS) is 10.7.